The van der Waals surface area contributed by atoms with Crippen molar-refractivity contribution in [3.8, 4) is 11.4 Å². The number of hydrogen-bond donors (Lipinski definition) is 2. The lowest BCUT2D eigenvalue weighted by Gasteiger charge is -2.24. The van der Waals surface area contributed by atoms with Gasteiger partial charge in [0, 0.05) is 16.8 Å². The van der Waals surface area contributed by atoms with Crippen LogP contribution < -0.4 is 10.1 Å². The standard InChI is InChI=1S/C20H22ClN5O3/c1-4-12-11(2)24-25-19(12)20(27)23-14-9-29-10-16-13(14)8-22-26(16)15-6-5-7-17(28-3)18(15)21/h5-8,14H,4,9-10H2,1-3H3,(H,23,27)(H,24,25)/t14-/m0/s1. The number of aromatic amines is 1. The van der Waals surface area contributed by atoms with Crippen LogP contribution in [-0.4, -0.2) is 39.6 Å². The van der Waals surface area contributed by atoms with Crippen LogP contribution in [0.25, 0.3) is 5.69 Å². The number of carbonyl (C=O) groups excluding carboxylic acids is 1. The molecule has 8 nitrogen and oxygen atoms in total. The number of hydrogen-bond acceptors (Lipinski definition) is 5. The monoisotopic (exact) mass is 415 g/mol. The minimum absolute atomic E-state index is 0.236. The Labute approximate surface area is 173 Å². The second-order valence-corrected chi connectivity index (χ2v) is 7.20. The van der Waals surface area contributed by atoms with E-state index in [0.29, 0.717) is 35.4 Å². The first kappa shape index (κ1) is 19.5. The van der Waals surface area contributed by atoms with Crippen molar-refractivity contribution in [2.45, 2.75) is 32.9 Å². The van der Waals surface area contributed by atoms with Crippen LogP contribution in [0.3, 0.4) is 0 Å². The van der Waals surface area contributed by atoms with Crippen LogP contribution in [-0.2, 0) is 17.8 Å². The largest absolute Gasteiger partial charge is 0.495 e. The molecule has 4 rings (SSSR count). The van der Waals surface area contributed by atoms with Crippen molar-refractivity contribution in [1.82, 2.24) is 25.3 Å². The molecule has 3 aromatic rings. The summed E-state index contributed by atoms with van der Waals surface area (Å²) >= 11 is 6.47. The summed E-state index contributed by atoms with van der Waals surface area (Å²) in [6.07, 6.45) is 2.47. The molecule has 0 fully saturated rings. The van der Waals surface area contributed by atoms with Gasteiger partial charge in [-0.25, -0.2) is 4.68 Å². The third-order valence-corrected chi connectivity index (χ3v) is 5.52. The van der Waals surface area contributed by atoms with E-state index < -0.39 is 0 Å². The maximum atomic E-state index is 12.8. The van der Waals surface area contributed by atoms with E-state index in [0.717, 1.165) is 28.9 Å². The number of methoxy groups -OCH3 is 1. The molecular formula is C20H22ClN5O3. The lowest BCUT2D eigenvalue weighted by Crippen LogP contribution is -2.35. The molecule has 0 saturated heterocycles. The van der Waals surface area contributed by atoms with Gasteiger partial charge >= 0.3 is 0 Å². The molecule has 1 aromatic carbocycles. The lowest BCUT2D eigenvalue weighted by molar-refractivity contribution is 0.0684. The van der Waals surface area contributed by atoms with Gasteiger partial charge in [0.15, 0.2) is 5.69 Å². The summed E-state index contributed by atoms with van der Waals surface area (Å²) in [5.41, 5.74) is 4.66. The lowest BCUT2D eigenvalue weighted by atomic mass is 10.1. The fourth-order valence-corrected chi connectivity index (χ4v) is 3.92. The highest BCUT2D eigenvalue weighted by atomic mass is 35.5. The predicted octanol–water partition coefficient (Wildman–Crippen LogP) is 3.13. The molecule has 1 amide bonds. The van der Waals surface area contributed by atoms with Gasteiger partial charge in [-0.3, -0.25) is 9.89 Å². The SMILES string of the molecule is CCc1c(C(=O)N[C@H]2COCc3c2cnn3-c2cccc(OC)c2Cl)n[nH]c1C. The van der Waals surface area contributed by atoms with Crippen molar-refractivity contribution in [2.24, 2.45) is 0 Å². The average molecular weight is 416 g/mol. The smallest absolute Gasteiger partial charge is 0.272 e. The predicted molar refractivity (Wildman–Crippen MR) is 108 cm³/mol. The summed E-state index contributed by atoms with van der Waals surface area (Å²) < 4.78 is 12.8. The van der Waals surface area contributed by atoms with Gasteiger partial charge in [-0.1, -0.05) is 24.6 Å². The van der Waals surface area contributed by atoms with E-state index in [2.05, 4.69) is 20.6 Å². The van der Waals surface area contributed by atoms with Gasteiger partial charge in [-0.2, -0.15) is 10.2 Å². The number of carbonyl (C=O) groups is 1. The highest BCUT2D eigenvalue weighted by Crippen LogP contribution is 2.33. The summed E-state index contributed by atoms with van der Waals surface area (Å²) in [5, 5.41) is 15.0. The summed E-state index contributed by atoms with van der Waals surface area (Å²) in [4.78, 5) is 12.8. The molecule has 29 heavy (non-hydrogen) atoms. The molecule has 9 heteroatoms. The molecule has 0 spiro atoms. The molecule has 0 bridgehead atoms. The van der Waals surface area contributed by atoms with Gasteiger partial charge in [-0.05, 0) is 25.5 Å². The molecule has 3 heterocycles. The quantitative estimate of drug-likeness (QED) is 0.667. The van der Waals surface area contributed by atoms with Crippen LogP contribution in [0.1, 0.15) is 46.0 Å². The Morgan fingerprint density at radius 1 is 1.48 bits per heavy atom. The number of amides is 1. The second kappa shape index (κ2) is 7.88. The van der Waals surface area contributed by atoms with Crippen LogP contribution in [0.2, 0.25) is 5.02 Å². The number of aromatic nitrogens is 4. The molecule has 1 aliphatic rings. The van der Waals surface area contributed by atoms with E-state index in [-0.39, 0.29) is 11.9 Å². The Bertz CT molecular complexity index is 1060. The summed E-state index contributed by atoms with van der Waals surface area (Å²) in [5.74, 6) is 0.329. The fourth-order valence-electron chi connectivity index (χ4n) is 3.63. The molecule has 1 atom stereocenters. The average Bonchev–Trinajstić information content (AvgIpc) is 3.32. The second-order valence-electron chi connectivity index (χ2n) is 6.82. The number of ether oxygens (including phenoxy) is 2. The van der Waals surface area contributed by atoms with Crippen LogP contribution in [0, 0.1) is 6.92 Å². The molecule has 152 valence electrons. The van der Waals surface area contributed by atoms with E-state index >= 15 is 0 Å². The Balaban J connectivity index is 1.64. The Hall–Kier alpha value is -2.84. The van der Waals surface area contributed by atoms with Gasteiger partial charge in [-0.15, -0.1) is 0 Å². The van der Waals surface area contributed by atoms with Crippen molar-refractivity contribution in [3.05, 3.63) is 57.6 Å². The van der Waals surface area contributed by atoms with Crippen molar-refractivity contribution < 1.29 is 14.3 Å². The van der Waals surface area contributed by atoms with E-state index in [1.807, 2.05) is 26.0 Å². The number of H-pyrrole nitrogens is 1. The van der Waals surface area contributed by atoms with Crippen molar-refractivity contribution in [3.63, 3.8) is 0 Å². The molecule has 0 saturated carbocycles. The first-order valence-corrected chi connectivity index (χ1v) is 9.75. The molecule has 1 aliphatic heterocycles. The van der Waals surface area contributed by atoms with Crippen molar-refractivity contribution in [2.75, 3.05) is 13.7 Å². The zero-order chi connectivity index (χ0) is 20.5. The molecule has 0 aliphatic carbocycles. The molecule has 2 aromatic heterocycles. The third-order valence-electron chi connectivity index (χ3n) is 5.14. The van der Waals surface area contributed by atoms with E-state index in [4.69, 9.17) is 21.1 Å². The summed E-state index contributed by atoms with van der Waals surface area (Å²) in [7, 11) is 1.57. The number of nitrogens with one attached hydrogen (secondary N) is 2. The molecule has 2 N–H and O–H groups in total. The molecule has 0 unspecified atom stereocenters. The van der Waals surface area contributed by atoms with Gasteiger partial charge in [0.2, 0.25) is 0 Å². The van der Waals surface area contributed by atoms with Crippen LogP contribution in [0.5, 0.6) is 5.75 Å². The zero-order valence-corrected chi connectivity index (χ0v) is 17.2. The summed E-state index contributed by atoms with van der Waals surface area (Å²) in [6, 6.07) is 5.17. The number of aryl methyl sites for hydroxylation is 1. The zero-order valence-electron chi connectivity index (χ0n) is 16.5. The van der Waals surface area contributed by atoms with Crippen LogP contribution >= 0.6 is 11.6 Å². The van der Waals surface area contributed by atoms with Crippen molar-refractivity contribution >= 4 is 17.5 Å². The number of halogens is 1. The topological polar surface area (TPSA) is 94.1 Å². The first-order chi connectivity index (χ1) is 14.0. The first-order valence-electron chi connectivity index (χ1n) is 9.37. The van der Waals surface area contributed by atoms with Gasteiger partial charge in [0.05, 0.1) is 43.9 Å². The number of benzene rings is 1. The van der Waals surface area contributed by atoms with Crippen LogP contribution in [0.4, 0.5) is 0 Å². The van der Waals surface area contributed by atoms with E-state index in [1.165, 1.54) is 0 Å². The molecular weight excluding hydrogens is 394 g/mol. The fraction of sp³-hybridized carbons (Fsp3) is 0.350. The van der Waals surface area contributed by atoms with E-state index in [9.17, 15) is 4.79 Å². The van der Waals surface area contributed by atoms with Gasteiger partial charge in [0.1, 0.15) is 10.8 Å². The highest BCUT2D eigenvalue weighted by Gasteiger charge is 2.29. The minimum atomic E-state index is -0.328. The maximum absolute atomic E-state index is 12.8. The number of nitrogens with zero attached hydrogens (tertiary/aromatic N) is 3. The summed E-state index contributed by atoms with van der Waals surface area (Å²) in [6.45, 7) is 4.64. The van der Waals surface area contributed by atoms with Crippen LogP contribution in [0.15, 0.2) is 24.4 Å². The van der Waals surface area contributed by atoms with Crippen molar-refractivity contribution in [1.29, 1.82) is 0 Å². The Kier molecular flexibility index (Phi) is 5.29. The Morgan fingerprint density at radius 3 is 3.07 bits per heavy atom. The maximum Gasteiger partial charge on any atom is 0.272 e. The van der Waals surface area contributed by atoms with E-state index in [1.54, 1.807) is 24.1 Å². The Morgan fingerprint density at radius 2 is 2.31 bits per heavy atom. The van der Waals surface area contributed by atoms with Gasteiger partial charge < -0.3 is 14.8 Å². The highest BCUT2D eigenvalue weighted by molar-refractivity contribution is 6.33. The number of fused-ring (bicyclic) bond motifs is 1. The molecule has 0 radical (unpaired) electrons. The third kappa shape index (κ3) is 3.38. The number of rotatable bonds is 5. The normalized spacial score (nSPS) is 15.8. The minimum Gasteiger partial charge on any atom is -0.495 e. The van der Waals surface area contributed by atoms with Gasteiger partial charge in [0.25, 0.3) is 5.91 Å².